The van der Waals surface area contributed by atoms with Gasteiger partial charge in [-0.2, -0.15) is 0 Å². The minimum Gasteiger partial charge on any atom is -0.364 e. The van der Waals surface area contributed by atoms with Crippen LogP contribution >= 0.6 is 0 Å². The van der Waals surface area contributed by atoms with Crippen LogP contribution in [0.3, 0.4) is 0 Å². The molecule has 3 rings (SSSR count). The highest BCUT2D eigenvalue weighted by Crippen LogP contribution is 2.25. The van der Waals surface area contributed by atoms with Crippen molar-refractivity contribution in [1.82, 2.24) is 9.80 Å². The minimum absolute atomic E-state index is 0.00837. The fourth-order valence-corrected chi connectivity index (χ4v) is 2.92. The summed E-state index contributed by atoms with van der Waals surface area (Å²) in [6.07, 6.45) is 0. The summed E-state index contributed by atoms with van der Waals surface area (Å²) < 4.78 is 4.97. The molecule has 2 amide bonds. The molecule has 1 saturated heterocycles. The highest BCUT2D eigenvalue weighted by atomic mass is 16.6. The summed E-state index contributed by atoms with van der Waals surface area (Å²) in [6.45, 7) is 1.02. The molecule has 8 nitrogen and oxygen atoms in total. The van der Waals surface area contributed by atoms with Gasteiger partial charge in [-0.3, -0.25) is 19.7 Å². The van der Waals surface area contributed by atoms with Crippen molar-refractivity contribution >= 4 is 28.3 Å². The molecule has 0 N–H and O–H groups in total. The SMILES string of the molecule is COCN1CCN(C(=O)c2cccc3cc([N+](=O)[O-])ccc23)CC1=O. The van der Waals surface area contributed by atoms with Crippen LogP contribution < -0.4 is 0 Å². The number of rotatable bonds is 4. The van der Waals surface area contributed by atoms with Crippen LogP contribution in [0.25, 0.3) is 10.8 Å². The van der Waals surface area contributed by atoms with Gasteiger partial charge in [-0.05, 0) is 22.9 Å². The van der Waals surface area contributed by atoms with Crippen molar-refractivity contribution in [3.05, 3.63) is 52.1 Å². The fourth-order valence-electron chi connectivity index (χ4n) is 2.92. The second-order valence-corrected chi connectivity index (χ2v) is 5.77. The van der Waals surface area contributed by atoms with Crippen LogP contribution in [0, 0.1) is 10.1 Å². The molecule has 2 aromatic rings. The maximum atomic E-state index is 12.8. The molecular weight excluding hydrogens is 326 g/mol. The number of amides is 2. The lowest BCUT2D eigenvalue weighted by atomic mass is 10.0. The van der Waals surface area contributed by atoms with E-state index in [-0.39, 0.29) is 30.8 Å². The monoisotopic (exact) mass is 343 g/mol. The number of ether oxygens (including phenoxy) is 1. The van der Waals surface area contributed by atoms with E-state index >= 15 is 0 Å². The van der Waals surface area contributed by atoms with Gasteiger partial charge in [0.05, 0.1) is 4.92 Å². The lowest BCUT2D eigenvalue weighted by Crippen LogP contribution is -2.52. The molecule has 0 unspecified atom stereocenters. The number of carbonyl (C=O) groups excluding carboxylic acids is 2. The molecule has 1 aliphatic rings. The maximum absolute atomic E-state index is 12.8. The molecule has 1 heterocycles. The maximum Gasteiger partial charge on any atom is 0.270 e. The van der Waals surface area contributed by atoms with Crippen LogP contribution in [0.5, 0.6) is 0 Å². The van der Waals surface area contributed by atoms with Crippen LogP contribution in [-0.4, -0.2) is 60.0 Å². The summed E-state index contributed by atoms with van der Waals surface area (Å²) in [5.74, 6) is -0.429. The summed E-state index contributed by atoms with van der Waals surface area (Å²) in [5, 5.41) is 12.2. The third kappa shape index (κ3) is 3.29. The number of nitro benzene ring substituents is 1. The molecule has 0 bridgehead atoms. The van der Waals surface area contributed by atoms with E-state index in [1.807, 2.05) is 0 Å². The largest absolute Gasteiger partial charge is 0.364 e. The molecule has 2 aromatic carbocycles. The number of nitrogens with zero attached hydrogens (tertiary/aromatic N) is 3. The van der Waals surface area contributed by atoms with E-state index in [0.29, 0.717) is 29.4 Å². The first kappa shape index (κ1) is 16.8. The lowest BCUT2D eigenvalue weighted by molar-refractivity contribution is -0.384. The Morgan fingerprint density at radius 3 is 2.76 bits per heavy atom. The van der Waals surface area contributed by atoms with Crippen molar-refractivity contribution in [2.45, 2.75) is 0 Å². The van der Waals surface area contributed by atoms with Gasteiger partial charge < -0.3 is 14.5 Å². The quantitative estimate of drug-likeness (QED) is 0.621. The number of hydrogen-bond acceptors (Lipinski definition) is 5. The van der Waals surface area contributed by atoms with Crippen LogP contribution in [0.15, 0.2) is 36.4 Å². The van der Waals surface area contributed by atoms with Gasteiger partial charge in [0, 0.05) is 37.9 Å². The number of hydrogen-bond donors (Lipinski definition) is 0. The van der Waals surface area contributed by atoms with Gasteiger partial charge in [0.2, 0.25) is 5.91 Å². The van der Waals surface area contributed by atoms with E-state index in [9.17, 15) is 19.7 Å². The second kappa shape index (κ2) is 6.86. The van der Waals surface area contributed by atoms with E-state index in [4.69, 9.17) is 4.74 Å². The van der Waals surface area contributed by atoms with E-state index in [2.05, 4.69) is 0 Å². The third-order valence-electron chi connectivity index (χ3n) is 4.20. The van der Waals surface area contributed by atoms with E-state index < -0.39 is 4.92 Å². The molecule has 0 atom stereocenters. The normalized spacial score (nSPS) is 14.8. The van der Waals surface area contributed by atoms with Gasteiger partial charge in [0.15, 0.2) is 0 Å². The van der Waals surface area contributed by atoms with Gasteiger partial charge in [0.25, 0.3) is 11.6 Å². The Morgan fingerprint density at radius 1 is 1.28 bits per heavy atom. The van der Waals surface area contributed by atoms with Gasteiger partial charge in [-0.25, -0.2) is 0 Å². The number of piperazine rings is 1. The molecule has 1 aliphatic heterocycles. The molecule has 0 spiro atoms. The van der Waals surface area contributed by atoms with Crippen molar-refractivity contribution in [2.24, 2.45) is 0 Å². The Hall–Kier alpha value is -3.00. The third-order valence-corrected chi connectivity index (χ3v) is 4.20. The molecular formula is C17H17N3O5. The van der Waals surface area contributed by atoms with E-state index in [1.54, 1.807) is 29.2 Å². The Balaban J connectivity index is 1.88. The first-order chi connectivity index (χ1) is 12.0. The predicted molar refractivity (Wildman–Crippen MR) is 90.1 cm³/mol. The van der Waals surface area contributed by atoms with Crippen LogP contribution in [0.2, 0.25) is 0 Å². The molecule has 0 saturated carbocycles. The number of fused-ring (bicyclic) bond motifs is 1. The zero-order valence-corrected chi connectivity index (χ0v) is 13.7. The molecule has 130 valence electrons. The molecule has 0 aromatic heterocycles. The predicted octanol–water partition coefficient (Wildman–Crippen LogP) is 1.64. The summed E-state index contributed by atoms with van der Waals surface area (Å²) in [5.41, 5.74) is 0.404. The molecule has 0 aliphatic carbocycles. The number of methoxy groups -OCH3 is 1. The summed E-state index contributed by atoms with van der Waals surface area (Å²) >= 11 is 0. The van der Waals surface area contributed by atoms with Gasteiger partial charge in [-0.15, -0.1) is 0 Å². The van der Waals surface area contributed by atoms with Crippen molar-refractivity contribution in [1.29, 1.82) is 0 Å². The van der Waals surface area contributed by atoms with Crippen LogP contribution in [0.4, 0.5) is 5.69 Å². The Bertz CT molecular complexity index is 851. The van der Waals surface area contributed by atoms with Crippen molar-refractivity contribution in [3.63, 3.8) is 0 Å². The zero-order chi connectivity index (χ0) is 18.0. The van der Waals surface area contributed by atoms with E-state index in [0.717, 1.165) is 0 Å². The van der Waals surface area contributed by atoms with Crippen LogP contribution in [-0.2, 0) is 9.53 Å². The number of non-ortho nitro benzene ring substituents is 1. The minimum atomic E-state index is -0.471. The molecule has 25 heavy (non-hydrogen) atoms. The van der Waals surface area contributed by atoms with Crippen molar-refractivity contribution in [3.8, 4) is 0 Å². The zero-order valence-electron chi connectivity index (χ0n) is 13.7. The smallest absolute Gasteiger partial charge is 0.270 e. The Kier molecular flexibility index (Phi) is 4.62. The second-order valence-electron chi connectivity index (χ2n) is 5.77. The first-order valence-corrected chi connectivity index (χ1v) is 7.74. The van der Waals surface area contributed by atoms with Gasteiger partial charge in [0.1, 0.15) is 13.3 Å². The highest BCUT2D eigenvalue weighted by Gasteiger charge is 2.28. The summed E-state index contributed by atoms with van der Waals surface area (Å²) in [6, 6.07) is 9.46. The summed E-state index contributed by atoms with van der Waals surface area (Å²) in [4.78, 5) is 38.4. The Labute approximate surface area is 143 Å². The van der Waals surface area contributed by atoms with Crippen molar-refractivity contribution in [2.75, 3.05) is 33.5 Å². The number of carbonyl (C=O) groups is 2. The van der Waals surface area contributed by atoms with Crippen molar-refractivity contribution < 1.29 is 19.2 Å². The number of nitro groups is 1. The van der Waals surface area contributed by atoms with E-state index in [1.165, 1.54) is 24.1 Å². The lowest BCUT2D eigenvalue weighted by Gasteiger charge is -2.34. The first-order valence-electron chi connectivity index (χ1n) is 7.74. The Morgan fingerprint density at radius 2 is 2.08 bits per heavy atom. The highest BCUT2D eigenvalue weighted by molar-refractivity contribution is 6.08. The fraction of sp³-hybridized carbons (Fsp3) is 0.294. The average Bonchev–Trinajstić information content (AvgIpc) is 2.62. The molecule has 8 heteroatoms. The summed E-state index contributed by atoms with van der Waals surface area (Å²) in [7, 11) is 1.51. The van der Waals surface area contributed by atoms with Crippen LogP contribution in [0.1, 0.15) is 10.4 Å². The van der Waals surface area contributed by atoms with Gasteiger partial charge in [-0.1, -0.05) is 12.1 Å². The van der Waals surface area contributed by atoms with Gasteiger partial charge >= 0.3 is 0 Å². The average molecular weight is 343 g/mol. The standard InChI is InChI=1S/C17H17N3O5/c1-25-11-19-8-7-18(10-16(19)21)17(22)15-4-2-3-12-9-13(20(23)24)5-6-14(12)15/h2-6,9H,7-8,10-11H2,1H3. The molecule has 0 radical (unpaired) electrons. The molecule has 1 fully saturated rings. The number of benzene rings is 2. The topological polar surface area (TPSA) is 93.0 Å².